The summed E-state index contributed by atoms with van der Waals surface area (Å²) in [5.74, 6) is -0.402. The van der Waals surface area contributed by atoms with Crippen LogP contribution in [0.25, 0.3) is 0 Å². The van der Waals surface area contributed by atoms with Crippen LogP contribution in [0.2, 0.25) is 0 Å². The van der Waals surface area contributed by atoms with Crippen molar-refractivity contribution in [1.29, 1.82) is 0 Å². The first kappa shape index (κ1) is 50.4. The Kier molecular flexibility index (Phi) is 37.9. The molecule has 0 aromatic heterocycles. The van der Waals surface area contributed by atoms with Gasteiger partial charge in [0.25, 0.3) is 0 Å². The van der Waals surface area contributed by atoms with Gasteiger partial charge in [-0.3, -0.25) is 13.8 Å². The molecule has 0 amide bonds. The summed E-state index contributed by atoms with van der Waals surface area (Å²) in [6.07, 6.45) is 42.0. The van der Waals surface area contributed by atoms with Crippen LogP contribution in [0, 0.1) is 0 Å². The lowest BCUT2D eigenvalue weighted by Crippen LogP contribution is -2.29. The molecule has 0 rings (SSSR count). The molecule has 3 atom stereocenters. The number of allylic oxidation sites excluding steroid dienone is 8. The van der Waals surface area contributed by atoms with Crippen molar-refractivity contribution in [2.75, 3.05) is 33.0 Å². The summed E-state index contributed by atoms with van der Waals surface area (Å²) in [6, 6.07) is 0. The predicted molar refractivity (Wildman–Crippen MR) is 214 cm³/mol. The van der Waals surface area contributed by atoms with Gasteiger partial charge in [-0.2, -0.15) is 0 Å². The van der Waals surface area contributed by atoms with Crippen LogP contribution in [0.15, 0.2) is 48.6 Å². The number of carbonyl (C=O) groups excluding carboxylic acids is 1. The van der Waals surface area contributed by atoms with Crippen molar-refractivity contribution in [3.8, 4) is 0 Å². The molecule has 3 unspecified atom stereocenters. The number of aliphatic hydroxyl groups is 2. The fourth-order valence-corrected chi connectivity index (χ4v) is 6.07. The second-order valence-corrected chi connectivity index (χ2v) is 15.1. The number of unbranched alkanes of at least 4 members (excludes halogenated alkanes) is 17. The zero-order valence-electron chi connectivity index (χ0n) is 33.0. The molecule has 0 heterocycles. The van der Waals surface area contributed by atoms with Crippen molar-refractivity contribution in [1.82, 2.24) is 0 Å². The number of hydrogen-bond acceptors (Lipinski definition) is 8. The highest BCUT2D eigenvalue weighted by molar-refractivity contribution is 7.47. The minimum absolute atomic E-state index is 0.0352. The molecule has 0 bridgehead atoms. The Hall–Kier alpha value is -1.58. The number of rotatable bonds is 39. The number of esters is 1. The molecule has 0 aromatic rings. The number of carbonyl (C=O) groups is 1. The molecular formula is C42H77O9P. The third-order valence-corrected chi connectivity index (χ3v) is 9.44. The van der Waals surface area contributed by atoms with Crippen LogP contribution in [0.1, 0.15) is 168 Å². The van der Waals surface area contributed by atoms with Crippen molar-refractivity contribution in [2.24, 2.45) is 0 Å². The molecule has 0 radical (unpaired) electrons. The second kappa shape index (κ2) is 39.1. The molecule has 10 heteroatoms. The first-order chi connectivity index (χ1) is 25.3. The number of phosphoric acid groups is 1. The molecule has 304 valence electrons. The lowest BCUT2D eigenvalue weighted by Gasteiger charge is -2.20. The number of aliphatic hydroxyl groups excluding tert-OH is 2. The van der Waals surface area contributed by atoms with Gasteiger partial charge in [0.2, 0.25) is 0 Å². The summed E-state index contributed by atoms with van der Waals surface area (Å²) < 4.78 is 33.3. The van der Waals surface area contributed by atoms with E-state index >= 15 is 0 Å². The molecule has 0 aliphatic heterocycles. The van der Waals surface area contributed by atoms with E-state index in [1.54, 1.807) is 0 Å². The topological polar surface area (TPSA) is 132 Å². The largest absolute Gasteiger partial charge is 0.472 e. The van der Waals surface area contributed by atoms with Crippen molar-refractivity contribution >= 4 is 13.8 Å². The molecule has 52 heavy (non-hydrogen) atoms. The number of phosphoric ester groups is 1. The smallest absolute Gasteiger partial charge is 0.457 e. The second-order valence-electron chi connectivity index (χ2n) is 13.6. The van der Waals surface area contributed by atoms with Crippen molar-refractivity contribution in [3.63, 3.8) is 0 Å². The van der Waals surface area contributed by atoms with E-state index in [4.69, 9.17) is 23.6 Å². The quantitative estimate of drug-likeness (QED) is 0.0243. The minimum Gasteiger partial charge on any atom is -0.457 e. The normalized spacial score (nSPS) is 14.6. The average Bonchev–Trinajstić information content (AvgIpc) is 3.13. The van der Waals surface area contributed by atoms with Crippen LogP contribution in [0.4, 0.5) is 0 Å². The van der Waals surface area contributed by atoms with E-state index in [9.17, 15) is 19.4 Å². The lowest BCUT2D eigenvalue weighted by atomic mass is 10.1. The summed E-state index contributed by atoms with van der Waals surface area (Å²) in [4.78, 5) is 22.5. The van der Waals surface area contributed by atoms with Crippen molar-refractivity contribution in [3.05, 3.63) is 48.6 Å². The first-order valence-corrected chi connectivity index (χ1v) is 22.1. The predicted octanol–water partition coefficient (Wildman–Crippen LogP) is 11.0. The molecule has 0 saturated heterocycles. The van der Waals surface area contributed by atoms with E-state index in [-0.39, 0.29) is 19.6 Å². The molecular weight excluding hydrogens is 679 g/mol. The van der Waals surface area contributed by atoms with E-state index in [1.807, 2.05) is 0 Å². The Balaban J connectivity index is 4.24. The van der Waals surface area contributed by atoms with E-state index in [2.05, 4.69) is 62.5 Å². The van der Waals surface area contributed by atoms with E-state index in [0.29, 0.717) is 13.0 Å². The van der Waals surface area contributed by atoms with E-state index in [1.165, 1.54) is 64.2 Å². The molecule has 3 N–H and O–H groups in total. The van der Waals surface area contributed by atoms with Crippen LogP contribution < -0.4 is 0 Å². The molecule has 0 spiro atoms. The van der Waals surface area contributed by atoms with Crippen LogP contribution in [-0.4, -0.2) is 66.3 Å². The van der Waals surface area contributed by atoms with E-state index < -0.39 is 39.2 Å². The maximum absolute atomic E-state index is 12.6. The number of hydrogen-bond donors (Lipinski definition) is 3. The summed E-state index contributed by atoms with van der Waals surface area (Å²) >= 11 is 0. The van der Waals surface area contributed by atoms with Gasteiger partial charge in [0.15, 0.2) is 0 Å². The highest BCUT2D eigenvalue weighted by Gasteiger charge is 2.26. The first-order valence-electron chi connectivity index (χ1n) is 20.6. The molecule has 0 aliphatic rings. The van der Waals surface area contributed by atoms with Gasteiger partial charge in [-0.1, -0.05) is 140 Å². The van der Waals surface area contributed by atoms with Gasteiger partial charge in [0.1, 0.15) is 12.2 Å². The molecule has 0 aliphatic carbocycles. The van der Waals surface area contributed by atoms with Crippen molar-refractivity contribution < 1.29 is 43.0 Å². The Bertz CT molecular complexity index is 950. The third kappa shape index (κ3) is 38.2. The third-order valence-electron chi connectivity index (χ3n) is 8.49. The Morgan fingerprint density at radius 3 is 1.60 bits per heavy atom. The molecule has 0 saturated carbocycles. The SMILES string of the molecule is CCCC/C=C\C/C=C\CCCCCCCC(=O)OC(COCCCCCCCC/C=C\C/C=C\CCCCCC)COP(=O)(O)OCC(O)CO. The summed E-state index contributed by atoms with van der Waals surface area (Å²) in [5, 5.41) is 18.3. The van der Waals surface area contributed by atoms with Crippen LogP contribution >= 0.6 is 7.82 Å². The highest BCUT2D eigenvalue weighted by Crippen LogP contribution is 2.43. The summed E-state index contributed by atoms with van der Waals surface area (Å²) in [6.45, 7) is 3.41. The van der Waals surface area contributed by atoms with Gasteiger partial charge in [-0.05, 0) is 70.6 Å². The van der Waals surface area contributed by atoms with Gasteiger partial charge >= 0.3 is 13.8 Å². The Labute approximate surface area is 317 Å². The standard InChI is InChI=1S/C42H77O9P/c1-3-5-7-9-11-13-15-17-19-20-21-23-25-27-29-31-33-35-48-38-41(39-50-52(46,47)49-37-40(44)36-43)51-42(45)34-32-30-28-26-24-22-18-16-14-12-10-8-6-4-2/h10,12-13,15-16,18-20,40-41,43-44H,3-9,11,14,17,21-39H2,1-2H3,(H,46,47)/b12-10-,15-13-,18-16-,20-19-. The zero-order valence-corrected chi connectivity index (χ0v) is 33.9. The van der Waals surface area contributed by atoms with Gasteiger partial charge in [-0.25, -0.2) is 4.57 Å². The Morgan fingerprint density at radius 2 is 1.06 bits per heavy atom. The zero-order chi connectivity index (χ0) is 38.2. The van der Waals surface area contributed by atoms with Gasteiger partial charge < -0.3 is 24.6 Å². The fraction of sp³-hybridized carbons (Fsp3) is 0.786. The minimum atomic E-state index is -4.52. The highest BCUT2D eigenvalue weighted by atomic mass is 31.2. The summed E-state index contributed by atoms with van der Waals surface area (Å²) in [7, 11) is -4.52. The lowest BCUT2D eigenvalue weighted by molar-refractivity contribution is -0.154. The summed E-state index contributed by atoms with van der Waals surface area (Å²) in [5.41, 5.74) is 0. The van der Waals surface area contributed by atoms with Crippen LogP contribution in [0.3, 0.4) is 0 Å². The van der Waals surface area contributed by atoms with Crippen LogP contribution in [-0.2, 0) is 27.9 Å². The number of ether oxygens (including phenoxy) is 2. The van der Waals surface area contributed by atoms with Gasteiger partial charge in [0.05, 0.1) is 26.4 Å². The Morgan fingerprint density at radius 1 is 0.596 bits per heavy atom. The molecule has 9 nitrogen and oxygen atoms in total. The molecule has 0 aromatic carbocycles. The molecule has 0 fully saturated rings. The monoisotopic (exact) mass is 757 g/mol. The fourth-order valence-electron chi connectivity index (χ4n) is 5.28. The maximum Gasteiger partial charge on any atom is 0.472 e. The van der Waals surface area contributed by atoms with Gasteiger partial charge in [-0.15, -0.1) is 0 Å². The average molecular weight is 757 g/mol. The van der Waals surface area contributed by atoms with E-state index in [0.717, 1.165) is 77.0 Å². The van der Waals surface area contributed by atoms with Crippen molar-refractivity contribution in [2.45, 2.75) is 180 Å². The van der Waals surface area contributed by atoms with Crippen LogP contribution in [0.5, 0.6) is 0 Å². The maximum atomic E-state index is 12.6. The van der Waals surface area contributed by atoms with Gasteiger partial charge in [0, 0.05) is 13.0 Å².